The van der Waals surface area contributed by atoms with Crippen LogP contribution in [0, 0.1) is 27.7 Å². The Kier molecular flexibility index (Phi) is 37.6. The third kappa shape index (κ3) is 31.5. The molecular formula is C77H97Cl6F3. The van der Waals surface area contributed by atoms with E-state index in [4.69, 9.17) is 69.6 Å². The van der Waals surface area contributed by atoms with Gasteiger partial charge in [0.2, 0.25) is 0 Å². The summed E-state index contributed by atoms with van der Waals surface area (Å²) in [6, 6.07) is 57.7. The molecule has 0 N–H and O–H groups in total. The Morgan fingerprint density at radius 3 is 1.12 bits per heavy atom. The molecule has 0 atom stereocenters. The van der Waals surface area contributed by atoms with E-state index in [1.54, 1.807) is 39.0 Å². The zero-order chi connectivity index (χ0) is 65.6. The van der Waals surface area contributed by atoms with Crippen LogP contribution in [0.2, 0.25) is 30.1 Å². The molecule has 8 aromatic carbocycles. The molecule has 468 valence electrons. The van der Waals surface area contributed by atoms with Gasteiger partial charge in [-0.15, -0.1) is 0 Å². The summed E-state index contributed by atoms with van der Waals surface area (Å²) in [5, 5.41) is 4.13. The lowest BCUT2D eigenvalue weighted by molar-refractivity contribution is -0.138. The van der Waals surface area contributed by atoms with Gasteiger partial charge in [0.05, 0.1) is 15.6 Å². The van der Waals surface area contributed by atoms with E-state index in [0.29, 0.717) is 77.7 Å². The number of alkyl halides is 3. The van der Waals surface area contributed by atoms with Crippen molar-refractivity contribution in [1.29, 1.82) is 0 Å². The van der Waals surface area contributed by atoms with Crippen LogP contribution in [0.25, 0.3) is 0 Å². The monoisotopic (exact) mass is 1290 g/mol. The molecule has 0 aliphatic rings. The van der Waals surface area contributed by atoms with Crippen molar-refractivity contribution in [3.8, 4) is 0 Å². The lowest BCUT2D eigenvalue weighted by Crippen LogP contribution is -2.11. The summed E-state index contributed by atoms with van der Waals surface area (Å²) in [5.41, 5.74) is 14.0. The van der Waals surface area contributed by atoms with E-state index >= 15 is 0 Å². The Balaban J connectivity index is 0.000000493. The van der Waals surface area contributed by atoms with Gasteiger partial charge in [0.15, 0.2) is 0 Å². The molecule has 0 bridgehead atoms. The molecule has 0 saturated heterocycles. The van der Waals surface area contributed by atoms with Gasteiger partial charge in [0, 0.05) is 20.1 Å². The fourth-order valence-corrected chi connectivity index (χ4v) is 9.97. The Bertz CT molecular complexity index is 3130. The first-order valence-corrected chi connectivity index (χ1v) is 32.1. The molecule has 0 saturated carbocycles. The van der Waals surface area contributed by atoms with Crippen LogP contribution in [0.1, 0.15) is 230 Å². The van der Waals surface area contributed by atoms with Crippen LogP contribution in [0.15, 0.2) is 176 Å². The van der Waals surface area contributed by atoms with Gasteiger partial charge in [-0.05, 0) is 179 Å². The molecule has 8 rings (SSSR count). The maximum absolute atomic E-state index is 12.6. The lowest BCUT2D eigenvalue weighted by Gasteiger charge is -2.17. The lowest BCUT2D eigenvalue weighted by atomic mass is 9.92. The molecule has 0 amide bonds. The second kappa shape index (κ2) is 40.8. The number of hydrogen-bond donors (Lipinski definition) is 0. The molecule has 0 aromatic heterocycles. The second-order valence-corrected chi connectivity index (χ2v) is 26.4. The van der Waals surface area contributed by atoms with Crippen LogP contribution >= 0.6 is 69.6 Å². The summed E-state index contributed by atoms with van der Waals surface area (Å²) in [5.74, 6) is 3.96. The summed E-state index contributed by atoms with van der Waals surface area (Å²) < 4.78 is 37.8. The van der Waals surface area contributed by atoms with Crippen molar-refractivity contribution in [2.45, 2.75) is 192 Å². The molecule has 0 spiro atoms. The summed E-state index contributed by atoms with van der Waals surface area (Å²) in [6.45, 7) is 42.1. The van der Waals surface area contributed by atoms with Gasteiger partial charge < -0.3 is 0 Å². The molecule has 0 aliphatic heterocycles. The highest BCUT2D eigenvalue weighted by molar-refractivity contribution is 6.42. The number of aryl methyl sites for hydroxylation is 4. The average Bonchev–Trinajstić information content (AvgIpc) is 2.88. The van der Waals surface area contributed by atoms with Crippen molar-refractivity contribution in [3.05, 3.63) is 278 Å². The smallest absolute Gasteiger partial charge is 0.166 e. The molecule has 0 heterocycles. The van der Waals surface area contributed by atoms with Crippen LogP contribution in [0.5, 0.6) is 0 Å². The Morgan fingerprint density at radius 2 is 0.721 bits per heavy atom. The van der Waals surface area contributed by atoms with Gasteiger partial charge >= 0.3 is 6.18 Å². The maximum Gasteiger partial charge on any atom is 0.416 e. The second-order valence-electron chi connectivity index (χ2n) is 23.9. The zero-order valence-corrected chi connectivity index (χ0v) is 59.3. The normalized spacial score (nSPS) is 10.8. The van der Waals surface area contributed by atoms with Gasteiger partial charge in [-0.3, -0.25) is 0 Å². The fraction of sp³-hybridized carbons (Fsp3) is 0.377. The zero-order valence-electron chi connectivity index (χ0n) is 54.8. The number of benzene rings is 8. The minimum atomic E-state index is -4.24. The first-order valence-electron chi connectivity index (χ1n) is 29.8. The van der Waals surface area contributed by atoms with Gasteiger partial charge in [0.1, 0.15) is 0 Å². The molecule has 0 fully saturated rings. The van der Waals surface area contributed by atoms with Crippen LogP contribution in [0.3, 0.4) is 0 Å². The van der Waals surface area contributed by atoms with Gasteiger partial charge in [0.25, 0.3) is 0 Å². The first kappa shape index (κ1) is 79.3. The van der Waals surface area contributed by atoms with Gasteiger partial charge in [-0.25, -0.2) is 0 Å². The van der Waals surface area contributed by atoms with E-state index in [-0.39, 0.29) is 5.92 Å². The molecule has 0 unspecified atom stereocenters. The first-order chi connectivity index (χ1) is 40.1. The largest absolute Gasteiger partial charge is 0.416 e. The van der Waals surface area contributed by atoms with E-state index in [9.17, 15) is 13.2 Å². The van der Waals surface area contributed by atoms with Crippen molar-refractivity contribution >= 4 is 69.6 Å². The summed E-state index contributed by atoms with van der Waals surface area (Å²) in [4.78, 5) is 0. The predicted molar refractivity (Wildman–Crippen MR) is 378 cm³/mol. The molecule has 86 heavy (non-hydrogen) atoms. The summed E-state index contributed by atoms with van der Waals surface area (Å²) in [6.07, 6.45) is -4.24. The van der Waals surface area contributed by atoms with Gasteiger partial charge in [-0.1, -0.05) is 319 Å². The summed E-state index contributed by atoms with van der Waals surface area (Å²) >= 11 is 34.9. The number of rotatable bonds is 8. The van der Waals surface area contributed by atoms with Crippen LogP contribution in [-0.4, -0.2) is 0 Å². The highest BCUT2D eigenvalue weighted by atomic mass is 35.5. The quantitative estimate of drug-likeness (QED) is 0.142. The molecule has 0 nitrogen and oxygen atoms in total. The SMILES string of the molecule is CC(C)c1cc(Cl)cc(Cl)c1.CC(C)c1ccc(Cl)c(Cl)c1.CC(C)c1ccc(Cl)cc1Cl.CC(C)c1ccccc1.Cc1ccc(C(C)C)cc1.Cc1cccc(C(C)C)c1.Cc1cccc(C(F)(F)F)c1C(C)C.Cc1ccccc1C(C)C. The Labute approximate surface area is 549 Å². The van der Waals surface area contributed by atoms with E-state index < -0.39 is 11.7 Å². The molecule has 8 aromatic rings. The van der Waals surface area contributed by atoms with Crippen LogP contribution in [0.4, 0.5) is 13.2 Å². The van der Waals surface area contributed by atoms with Crippen LogP contribution in [-0.2, 0) is 6.18 Å². The van der Waals surface area contributed by atoms with Gasteiger partial charge in [-0.2, -0.15) is 13.2 Å². The third-order valence-electron chi connectivity index (χ3n) is 13.7. The number of halogens is 9. The van der Waals surface area contributed by atoms with E-state index in [2.05, 4.69) is 215 Å². The standard InChI is InChI=1S/C11H13F3.3C10H14.3C9H10Cl2.C9H12/c1-7(2)10-8(3)5-4-6-9(10)11(12,13)14;1-8(2)10-6-4-9(3)5-7-10;1-8(2)10-6-4-5-9(3)7-10;1-8(2)10-7-5-4-6-9(10)3;1-6(2)7-3-8(10)5-9(11)4-7;1-6(2)8-4-3-7(10)5-9(8)11;1-6(2)7-3-4-8(10)9(11)5-7;1-8(2)9-6-4-3-5-7-9/h4-7H,1-3H3;3*4-8H,1-3H3;3*3-6H,1-2H3;3-8H,1-2H3. The molecule has 9 heteroatoms. The van der Waals surface area contributed by atoms with Crippen molar-refractivity contribution < 1.29 is 13.2 Å². The van der Waals surface area contributed by atoms with E-state index in [1.165, 1.54) is 56.1 Å². The van der Waals surface area contributed by atoms with Crippen molar-refractivity contribution in [1.82, 2.24) is 0 Å². The molecular weight excluding hydrogens is 1190 g/mol. The highest BCUT2D eigenvalue weighted by Gasteiger charge is 2.34. The average molecular weight is 1290 g/mol. The fourth-order valence-electron chi connectivity index (χ4n) is 8.50. The molecule has 0 radical (unpaired) electrons. The van der Waals surface area contributed by atoms with E-state index in [0.717, 1.165) is 16.7 Å². The number of hydrogen-bond acceptors (Lipinski definition) is 0. The Morgan fingerprint density at radius 1 is 0.279 bits per heavy atom. The third-order valence-corrected chi connectivity index (χ3v) is 15.4. The van der Waals surface area contributed by atoms with Crippen molar-refractivity contribution in [2.24, 2.45) is 0 Å². The minimum absolute atomic E-state index is 0.104. The van der Waals surface area contributed by atoms with Crippen molar-refractivity contribution in [2.75, 3.05) is 0 Å². The molecule has 0 aliphatic carbocycles. The van der Waals surface area contributed by atoms with Crippen LogP contribution < -0.4 is 0 Å². The predicted octanol–water partition coefficient (Wildman–Crippen LogP) is 28.7. The summed E-state index contributed by atoms with van der Waals surface area (Å²) in [7, 11) is 0. The van der Waals surface area contributed by atoms with Crippen molar-refractivity contribution in [3.63, 3.8) is 0 Å². The minimum Gasteiger partial charge on any atom is -0.166 e. The topological polar surface area (TPSA) is 0 Å². The van der Waals surface area contributed by atoms with E-state index in [1.807, 2.05) is 48.5 Å². The highest BCUT2D eigenvalue weighted by Crippen LogP contribution is 2.37. The maximum atomic E-state index is 12.6. The Hall–Kier alpha value is -4.71.